The minimum Gasteiger partial charge on any atom is -0.480 e. The van der Waals surface area contributed by atoms with Crippen LogP contribution in [0.4, 0.5) is 4.79 Å². The van der Waals surface area contributed by atoms with Crippen molar-refractivity contribution in [3.8, 4) is 0 Å². The Kier molecular flexibility index (Phi) is 6.04. The highest BCUT2D eigenvalue weighted by molar-refractivity contribution is 5.82. The number of carboxylic acid groups (broad SMARTS) is 1. The van der Waals surface area contributed by atoms with Gasteiger partial charge in [0.2, 0.25) is 0 Å². The van der Waals surface area contributed by atoms with Gasteiger partial charge in [-0.3, -0.25) is 4.90 Å². The van der Waals surface area contributed by atoms with Gasteiger partial charge in [-0.15, -0.1) is 0 Å². The summed E-state index contributed by atoms with van der Waals surface area (Å²) in [7, 11) is 0. The first-order valence-electron chi connectivity index (χ1n) is 6.55. The number of carboxylic acids is 1. The number of nitrogens with zero attached hydrogens (tertiary/aromatic N) is 2. The van der Waals surface area contributed by atoms with Crippen molar-refractivity contribution in [1.29, 1.82) is 0 Å². The average molecular weight is 273 g/mol. The van der Waals surface area contributed by atoms with Crippen molar-refractivity contribution < 1.29 is 19.8 Å². The second kappa shape index (κ2) is 7.30. The molecule has 110 valence electrons. The molecule has 1 aliphatic rings. The first-order chi connectivity index (χ1) is 8.93. The Labute approximate surface area is 113 Å². The highest BCUT2D eigenvalue weighted by Crippen LogP contribution is 2.05. The van der Waals surface area contributed by atoms with Crippen molar-refractivity contribution in [2.45, 2.75) is 19.9 Å². The van der Waals surface area contributed by atoms with Crippen LogP contribution in [0.15, 0.2) is 0 Å². The standard InChI is InChI=1S/C12H23N3O4/c1-9(2)7-14-3-5-15(6-4-14)12(19)13-10(8-16)11(17)18/h9-10,16H,3-8H2,1-2H3,(H,13,19)(H,17,18)/t10-/m0/s1. The van der Waals surface area contributed by atoms with Gasteiger partial charge < -0.3 is 20.4 Å². The van der Waals surface area contributed by atoms with Crippen molar-refractivity contribution in [1.82, 2.24) is 15.1 Å². The Bertz CT molecular complexity index is 314. The van der Waals surface area contributed by atoms with Crippen molar-refractivity contribution >= 4 is 12.0 Å². The molecule has 3 N–H and O–H groups in total. The van der Waals surface area contributed by atoms with Gasteiger partial charge >= 0.3 is 12.0 Å². The molecule has 1 fully saturated rings. The smallest absolute Gasteiger partial charge is 0.328 e. The fourth-order valence-corrected chi connectivity index (χ4v) is 2.08. The molecular weight excluding hydrogens is 250 g/mol. The predicted molar refractivity (Wildman–Crippen MR) is 69.9 cm³/mol. The number of piperazine rings is 1. The van der Waals surface area contributed by atoms with E-state index in [2.05, 4.69) is 24.1 Å². The van der Waals surface area contributed by atoms with Crippen LogP contribution < -0.4 is 5.32 Å². The van der Waals surface area contributed by atoms with Crippen LogP contribution in [0.1, 0.15) is 13.8 Å². The Morgan fingerprint density at radius 2 is 1.79 bits per heavy atom. The van der Waals surface area contributed by atoms with E-state index in [1.54, 1.807) is 4.90 Å². The number of hydrogen-bond donors (Lipinski definition) is 3. The van der Waals surface area contributed by atoms with Gasteiger partial charge in [0, 0.05) is 32.7 Å². The fourth-order valence-electron chi connectivity index (χ4n) is 2.08. The molecule has 0 unspecified atom stereocenters. The minimum absolute atomic E-state index is 0.425. The third-order valence-electron chi connectivity index (χ3n) is 3.06. The van der Waals surface area contributed by atoms with Gasteiger partial charge in [0.1, 0.15) is 0 Å². The first-order valence-corrected chi connectivity index (χ1v) is 6.55. The summed E-state index contributed by atoms with van der Waals surface area (Å²) in [5, 5.41) is 19.9. The number of amides is 2. The molecule has 19 heavy (non-hydrogen) atoms. The van der Waals surface area contributed by atoms with Crippen LogP contribution in [0.2, 0.25) is 0 Å². The zero-order chi connectivity index (χ0) is 14.4. The Balaban J connectivity index is 2.38. The lowest BCUT2D eigenvalue weighted by Gasteiger charge is -2.35. The fraction of sp³-hybridized carbons (Fsp3) is 0.833. The summed E-state index contributed by atoms with van der Waals surface area (Å²) in [5.74, 6) is -0.638. The van der Waals surface area contributed by atoms with E-state index in [1.165, 1.54) is 0 Å². The molecule has 7 nitrogen and oxygen atoms in total. The molecule has 1 aliphatic heterocycles. The largest absolute Gasteiger partial charge is 0.480 e. The molecule has 0 radical (unpaired) electrons. The van der Waals surface area contributed by atoms with Gasteiger partial charge in [0.25, 0.3) is 0 Å². The molecule has 1 rings (SSSR count). The monoisotopic (exact) mass is 273 g/mol. The summed E-state index contributed by atoms with van der Waals surface area (Å²) < 4.78 is 0. The molecule has 2 amide bonds. The molecule has 0 aromatic carbocycles. The van der Waals surface area contributed by atoms with Crippen molar-refractivity contribution in [2.75, 3.05) is 39.3 Å². The van der Waals surface area contributed by atoms with Crippen molar-refractivity contribution in [3.63, 3.8) is 0 Å². The van der Waals surface area contributed by atoms with E-state index in [0.29, 0.717) is 19.0 Å². The minimum atomic E-state index is -1.24. The first kappa shape index (κ1) is 15.7. The zero-order valence-electron chi connectivity index (χ0n) is 11.5. The van der Waals surface area contributed by atoms with E-state index in [1.807, 2.05) is 0 Å². The molecule has 7 heteroatoms. The number of hydrogen-bond acceptors (Lipinski definition) is 4. The lowest BCUT2D eigenvalue weighted by Crippen LogP contribution is -2.55. The van der Waals surface area contributed by atoms with E-state index >= 15 is 0 Å². The van der Waals surface area contributed by atoms with E-state index < -0.39 is 24.6 Å². The Morgan fingerprint density at radius 3 is 2.21 bits per heavy atom. The number of urea groups is 1. The van der Waals surface area contributed by atoms with Crippen LogP contribution in [0.25, 0.3) is 0 Å². The summed E-state index contributed by atoms with van der Waals surface area (Å²) in [6.07, 6.45) is 0. The molecule has 0 aromatic heterocycles. The summed E-state index contributed by atoms with van der Waals surface area (Å²) in [6.45, 7) is 7.45. The maximum absolute atomic E-state index is 11.8. The van der Waals surface area contributed by atoms with Crippen molar-refractivity contribution in [2.24, 2.45) is 5.92 Å². The second-order valence-electron chi connectivity index (χ2n) is 5.20. The van der Waals surface area contributed by atoms with Gasteiger partial charge in [-0.25, -0.2) is 9.59 Å². The number of aliphatic carboxylic acids is 1. The average Bonchev–Trinajstić information content (AvgIpc) is 2.35. The van der Waals surface area contributed by atoms with Crippen LogP contribution in [-0.2, 0) is 4.79 Å². The van der Waals surface area contributed by atoms with E-state index in [4.69, 9.17) is 10.2 Å². The molecule has 1 saturated heterocycles. The van der Waals surface area contributed by atoms with E-state index in [9.17, 15) is 9.59 Å². The number of rotatable bonds is 5. The summed E-state index contributed by atoms with van der Waals surface area (Å²) in [4.78, 5) is 26.4. The maximum atomic E-state index is 11.8. The number of carbonyl (C=O) groups excluding carboxylic acids is 1. The normalized spacial score (nSPS) is 18.4. The summed E-state index contributed by atoms with van der Waals surface area (Å²) >= 11 is 0. The lowest BCUT2D eigenvalue weighted by molar-refractivity contribution is -0.140. The van der Waals surface area contributed by atoms with E-state index in [-0.39, 0.29) is 0 Å². The SMILES string of the molecule is CC(C)CN1CCN(C(=O)N[C@@H](CO)C(=O)O)CC1. The van der Waals surface area contributed by atoms with Gasteiger partial charge in [-0.2, -0.15) is 0 Å². The van der Waals surface area contributed by atoms with Gasteiger partial charge in [-0.05, 0) is 5.92 Å². The van der Waals surface area contributed by atoms with Crippen molar-refractivity contribution in [3.05, 3.63) is 0 Å². The summed E-state index contributed by atoms with van der Waals surface area (Å²) in [6, 6.07) is -1.66. The van der Waals surface area contributed by atoms with Crippen LogP contribution in [0.3, 0.4) is 0 Å². The predicted octanol–water partition coefficient (Wildman–Crippen LogP) is -0.585. The third-order valence-corrected chi connectivity index (χ3v) is 3.06. The van der Waals surface area contributed by atoms with Crippen LogP contribution >= 0.6 is 0 Å². The number of aliphatic hydroxyl groups is 1. The third kappa shape index (κ3) is 5.04. The molecule has 1 atom stereocenters. The lowest BCUT2D eigenvalue weighted by atomic mass is 10.2. The number of carbonyl (C=O) groups is 2. The Morgan fingerprint density at radius 1 is 1.21 bits per heavy atom. The van der Waals surface area contributed by atoms with Gasteiger partial charge in [0.05, 0.1) is 6.61 Å². The summed E-state index contributed by atoms with van der Waals surface area (Å²) in [5.41, 5.74) is 0. The van der Waals surface area contributed by atoms with Gasteiger partial charge in [-0.1, -0.05) is 13.8 Å². The molecule has 0 aliphatic carbocycles. The molecule has 0 saturated carbocycles. The highest BCUT2D eigenvalue weighted by atomic mass is 16.4. The molecular formula is C12H23N3O4. The second-order valence-corrected chi connectivity index (χ2v) is 5.20. The molecule has 0 aromatic rings. The van der Waals surface area contributed by atoms with Crippen LogP contribution in [0, 0.1) is 5.92 Å². The van der Waals surface area contributed by atoms with Gasteiger partial charge in [0.15, 0.2) is 6.04 Å². The number of aliphatic hydroxyl groups excluding tert-OH is 1. The molecule has 0 bridgehead atoms. The highest BCUT2D eigenvalue weighted by Gasteiger charge is 2.25. The maximum Gasteiger partial charge on any atom is 0.328 e. The van der Waals surface area contributed by atoms with E-state index in [0.717, 1.165) is 19.6 Å². The quantitative estimate of drug-likeness (QED) is 0.623. The Hall–Kier alpha value is -1.34. The molecule has 0 spiro atoms. The van der Waals surface area contributed by atoms with Crippen LogP contribution in [0.5, 0.6) is 0 Å². The number of nitrogens with one attached hydrogen (secondary N) is 1. The topological polar surface area (TPSA) is 93.1 Å². The molecule has 1 heterocycles. The zero-order valence-corrected chi connectivity index (χ0v) is 11.5. The van der Waals surface area contributed by atoms with Crippen LogP contribution in [-0.4, -0.2) is 77.4 Å².